The Kier molecular flexibility index (Phi) is 5.64. The number of likely N-dealkylation sites (N-methyl/N-ethyl adjacent to an activating group) is 1. The second kappa shape index (κ2) is 7.25. The van der Waals surface area contributed by atoms with Crippen molar-refractivity contribution in [3.8, 4) is 0 Å². The maximum absolute atomic E-state index is 6.25. The fourth-order valence-corrected chi connectivity index (χ4v) is 2.65. The van der Waals surface area contributed by atoms with E-state index in [9.17, 15) is 0 Å². The van der Waals surface area contributed by atoms with Gasteiger partial charge in [-0.1, -0.05) is 23.7 Å². The highest BCUT2D eigenvalue weighted by molar-refractivity contribution is 6.30. The predicted molar refractivity (Wildman–Crippen MR) is 81.6 cm³/mol. The Morgan fingerprint density at radius 1 is 1.16 bits per heavy atom. The molecule has 1 aromatic carbocycles. The van der Waals surface area contributed by atoms with Crippen LogP contribution in [0.15, 0.2) is 24.3 Å². The molecule has 0 bridgehead atoms. The van der Waals surface area contributed by atoms with Gasteiger partial charge in [-0.25, -0.2) is 0 Å². The molecule has 0 aliphatic carbocycles. The van der Waals surface area contributed by atoms with Gasteiger partial charge in [0.05, 0.1) is 0 Å². The number of halogens is 1. The summed E-state index contributed by atoms with van der Waals surface area (Å²) < 4.78 is 0. The van der Waals surface area contributed by atoms with E-state index in [0.717, 1.165) is 31.1 Å². The standard InChI is InChI=1S/C15H24ClN3/c1-18-8-2-9-19(12-11-18)10-7-15(17)13-3-5-14(16)6-4-13/h3-6,15H,2,7-12,17H2,1H3. The van der Waals surface area contributed by atoms with Crippen LogP contribution >= 0.6 is 11.6 Å². The average molecular weight is 282 g/mol. The third-order valence-electron chi connectivity index (χ3n) is 3.87. The normalized spacial score (nSPS) is 20.2. The van der Waals surface area contributed by atoms with Crippen LogP contribution in [0.3, 0.4) is 0 Å². The fourth-order valence-electron chi connectivity index (χ4n) is 2.52. The van der Waals surface area contributed by atoms with Crippen molar-refractivity contribution in [2.75, 3.05) is 39.8 Å². The molecule has 0 radical (unpaired) electrons. The van der Waals surface area contributed by atoms with E-state index < -0.39 is 0 Å². The summed E-state index contributed by atoms with van der Waals surface area (Å²) in [5.74, 6) is 0. The van der Waals surface area contributed by atoms with Crippen molar-refractivity contribution in [1.29, 1.82) is 0 Å². The van der Waals surface area contributed by atoms with E-state index in [-0.39, 0.29) is 6.04 Å². The number of hydrogen-bond donors (Lipinski definition) is 1. The minimum absolute atomic E-state index is 0.109. The smallest absolute Gasteiger partial charge is 0.0406 e. The van der Waals surface area contributed by atoms with E-state index in [1.165, 1.54) is 25.1 Å². The molecule has 1 aromatic rings. The Bertz CT molecular complexity index is 379. The molecule has 0 spiro atoms. The maximum Gasteiger partial charge on any atom is 0.0406 e. The largest absolute Gasteiger partial charge is 0.324 e. The van der Waals surface area contributed by atoms with Gasteiger partial charge < -0.3 is 15.5 Å². The van der Waals surface area contributed by atoms with Gasteiger partial charge in [0.2, 0.25) is 0 Å². The average Bonchev–Trinajstić information content (AvgIpc) is 2.61. The summed E-state index contributed by atoms with van der Waals surface area (Å²) in [5.41, 5.74) is 7.43. The molecule has 1 fully saturated rings. The summed E-state index contributed by atoms with van der Waals surface area (Å²) in [4.78, 5) is 4.93. The zero-order valence-corrected chi connectivity index (χ0v) is 12.4. The van der Waals surface area contributed by atoms with Gasteiger partial charge in [-0.15, -0.1) is 0 Å². The van der Waals surface area contributed by atoms with Crippen molar-refractivity contribution in [1.82, 2.24) is 9.80 Å². The molecule has 1 unspecified atom stereocenters. The summed E-state index contributed by atoms with van der Waals surface area (Å²) in [6, 6.07) is 8.00. The first-order chi connectivity index (χ1) is 9.15. The van der Waals surface area contributed by atoms with Gasteiger partial charge in [0.1, 0.15) is 0 Å². The molecule has 19 heavy (non-hydrogen) atoms. The zero-order chi connectivity index (χ0) is 13.7. The summed E-state index contributed by atoms with van der Waals surface area (Å²) in [7, 11) is 2.20. The van der Waals surface area contributed by atoms with Gasteiger partial charge in [-0.05, 0) is 57.2 Å². The Morgan fingerprint density at radius 3 is 2.63 bits per heavy atom. The molecule has 106 valence electrons. The first-order valence-electron chi connectivity index (χ1n) is 7.07. The van der Waals surface area contributed by atoms with Crippen molar-refractivity contribution in [2.45, 2.75) is 18.9 Å². The highest BCUT2D eigenvalue weighted by Crippen LogP contribution is 2.17. The summed E-state index contributed by atoms with van der Waals surface area (Å²) in [5, 5.41) is 0.770. The third-order valence-corrected chi connectivity index (χ3v) is 4.12. The van der Waals surface area contributed by atoms with Crippen molar-refractivity contribution in [2.24, 2.45) is 5.73 Å². The molecule has 3 nitrogen and oxygen atoms in total. The minimum atomic E-state index is 0.109. The number of hydrogen-bond acceptors (Lipinski definition) is 3. The van der Waals surface area contributed by atoms with E-state index in [2.05, 4.69) is 16.8 Å². The molecule has 0 amide bonds. The Labute approximate surface area is 121 Å². The molecule has 1 heterocycles. The predicted octanol–water partition coefficient (Wildman–Crippen LogP) is 2.37. The molecule has 1 atom stereocenters. The molecule has 1 aliphatic rings. The van der Waals surface area contributed by atoms with Crippen LogP contribution < -0.4 is 5.73 Å². The van der Waals surface area contributed by atoms with Gasteiger partial charge in [0.15, 0.2) is 0 Å². The van der Waals surface area contributed by atoms with E-state index in [0.29, 0.717) is 0 Å². The van der Waals surface area contributed by atoms with Crippen LogP contribution in [0.2, 0.25) is 5.02 Å². The highest BCUT2D eigenvalue weighted by atomic mass is 35.5. The van der Waals surface area contributed by atoms with E-state index in [1.54, 1.807) is 0 Å². The lowest BCUT2D eigenvalue weighted by Gasteiger charge is -2.22. The topological polar surface area (TPSA) is 32.5 Å². The monoisotopic (exact) mass is 281 g/mol. The quantitative estimate of drug-likeness (QED) is 0.920. The van der Waals surface area contributed by atoms with Crippen molar-refractivity contribution >= 4 is 11.6 Å². The third kappa shape index (κ3) is 4.77. The minimum Gasteiger partial charge on any atom is -0.324 e. The Balaban J connectivity index is 1.79. The molecule has 2 rings (SSSR count). The van der Waals surface area contributed by atoms with Crippen molar-refractivity contribution < 1.29 is 0 Å². The first kappa shape index (κ1) is 14.8. The molecule has 0 saturated carbocycles. The molecule has 2 N–H and O–H groups in total. The van der Waals surface area contributed by atoms with E-state index >= 15 is 0 Å². The first-order valence-corrected chi connectivity index (χ1v) is 7.45. The Hall–Kier alpha value is -0.610. The summed E-state index contributed by atoms with van der Waals surface area (Å²) in [6.45, 7) is 5.80. The van der Waals surface area contributed by atoms with E-state index in [1.807, 2.05) is 24.3 Å². The SMILES string of the molecule is CN1CCCN(CCC(N)c2ccc(Cl)cc2)CC1. The highest BCUT2D eigenvalue weighted by Gasteiger charge is 2.13. The molecule has 4 heteroatoms. The molecule has 1 saturated heterocycles. The lowest BCUT2D eigenvalue weighted by molar-refractivity contribution is 0.267. The molecular weight excluding hydrogens is 258 g/mol. The summed E-state index contributed by atoms with van der Waals surface area (Å²) >= 11 is 5.89. The number of nitrogens with zero attached hydrogens (tertiary/aromatic N) is 2. The van der Waals surface area contributed by atoms with E-state index in [4.69, 9.17) is 17.3 Å². The van der Waals surface area contributed by atoms with Crippen LogP contribution in [-0.4, -0.2) is 49.6 Å². The maximum atomic E-state index is 6.25. The number of benzene rings is 1. The fraction of sp³-hybridized carbons (Fsp3) is 0.600. The van der Waals surface area contributed by atoms with Crippen LogP contribution in [0.4, 0.5) is 0 Å². The van der Waals surface area contributed by atoms with Gasteiger partial charge >= 0.3 is 0 Å². The lowest BCUT2D eigenvalue weighted by atomic mass is 10.0. The van der Waals surface area contributed by atoms with Crippen LogP contribution in [0.5, 0.6) is 0 Å². The number of nitrogens with two attached hydrogens (primary N) is 1. The van der Waals surface area contributed by atoms with Crippen LogP contribution in [0, 0.1) is 0 Å². The molecule has 0 aromatic heterocycles. The van der Waals surface area contributed by atoms with Gasteiger partial charge in [-0.2, -0.15) is 0 Å². The molecular formula is C15H24ClN3. The Morgan fingerprint density at radius 2 is 1.89 bits per heavy atom. The second-order valence-corrected chi connectivity index (χ2v) is 5.88. The van der Waals surface area contributed by atoms with Gasteiger partial charge in [-0.3, -0.25) is 0 Å². The van der Waals surface area contributed by atoms with Crippen molar-refractivity contribution in [3.05, 3.63) is 34.9 Å². The lowest BCUT2D eigenvalue weighted by Crippen LogP contribution is -2.31. The zero-order valence-electron chi connectivity index (χ0n) is 11.7. The second-order valence-electron chi connectivity index (χ2n) is 5.45. The van der Waals surface area contributed by atoms with Gasteiger partial charge in [0, 0.05) is 24.2 Å². The van der Waals surface area contributed by atoms with Crippen molar-refractivity contribution in [3.63, 3.8) is 0 Å². The van der Waals surface area contributed by atoms with Crippen LogP contribution in [-0.2, 0) is 0 Å². The summed E-state index contributed by atoms with van der Waals surface area (Å²) in [6.07, 6.45) is 2.26. The molecule has 1 aliphatic heterocycles. The van der Waals surface area contributed by atoms with Crippen LogP contribution in [0.25, 0.3) is 0 Å². The van der Waals surface area contributed by atoms with Gasteiger partial charge in [0.25, 0.3) is 0 Å². The number of rotatable bonds is 4. The van der Waals surface area contributed by atoms with Crippen LogP contribution in [0.1, 0.15) is 24.4 Å².